The highest BCUT2D eigenvalue weighted by atomic mass is 35.5. The maximum Gasteiger partial charge on any atom is 0.194 e. The minimum Gasteiger partial charge on any atom is -0.354 e. The van der Waals surface area contributed by atoms with Crippen LogP contribution in [0.2, 0.25) is 0 Å². The molecule has 2 N–H and O–H groups in total. The third-order valence-corrected chi connectivity index (χ3v) is 6.83. The van der Waals surface area contributed by atoms with Crippen LogP contribution in [0.15, 0.2) is 40.3 Å². The molecule has 5 rings (SSSR count). The smallest absolute Gasteiger partial charge is 0.194 e. The van der Waals surface area contributed by atoms with Crippen molar-refractivity contribution in [3.8, 4) is 0 Å². The molecule has 30 heavy (non-hydrogen) atoms. The summed E-state index contributed by atoms with van der Waals surface area (Å²) in [6, 6.07) is 2.12. The molecule has 4 heterocycles. The van der Waals surface area contributed by atoms with E-state index in [0.29, 0.717) is 10.8 Å². The Morgan fingerprint density at radius 3 is 2.93 bits per heavy atom. The zero-order chi connectivity index (χ0) is 20.7. The van der Waals surface area contributed by atoms with Crippen LogP contribution in [0.4, 0.5) is 5.82 Å². The first-order valence-corrected chi connectivity index (χ1v) is 11.4. The first-order valence-electron chi connectivity index (χ1n) is 10.2. The summed E-state index contributed by atoms with van der Waals surface area (Å²) in [5.41, 5.74) is 10.8. The molecule has 1 atom stereocenters. The zero-order valence-corrected chi connectivity index (χ0v) is 18.2. The molecule has 0 amide bonds. The number of aromatic nitrogens is 5. The summed E-state index contributed by atoms with van der Waals surface area (Å²) in [4.78, 5) is 26.0. The maximum absolute atomic E-state index is 6.76. The van der Waals surface area contributed by atoms with Crippen LogP contribution in [0.1, 0.15) is 37.4 Å². The highest BCUT2D eigenvalue weighted by Gasteiger charge is 2.30. The van der Waals surface area contributed by atoms with Crippen LogP contribution in [-0.2, 0) is 6.42 Å². The summed E-state index contributed by atoms with van der Waals surface area (Å²) >= 11 is 8.24. The number of hydrogen-bond donors (Lipinski definition) is 1. The molecule has 3 aromatic rings. The van der Waals surface area contributed by atoms with E-state index >= 15 is 0 Å². The number of anilines is 1. The van der Waals surface area contributed by atoms with Crippen LogP contribution < -0.4 is 10.6 Å². The number of rotatable bonds is 4. The molecule has 3 aromatic heterocycles. The minimum absolute atomic E-state index is 0.151. The summed E-state index contributed by atoms with van der Waals surface area (Å²) in [5.74, 6) is 0.902. The van der Waals surface area contributed by atoms with E-state index in [1.165, 1.54) is 17.3 Å². The lowest BCUT2D eigenvalue weighted by Crippen LogP contribution is -2.43. The fourth-order valence-corrected chi connectivity index (χ4v) is 5.21. The molecule has 1 fully saturated rings. The van der Waals surface area contributed by atoms with Gasteiger partial charge in [0.2, 0.25) is 0 Å². The van der Waals surface area contributed by atoms with E-state index in [0.717, 1.165) is 71.3 Å². The summed E-state index contributed by atoms with van der Waals surface area (Å²) in [6.07, 6.45) is 8.87. The van der Waals surface area contributed by atoms with Crippen LogP contribution >= 0.6 is 23.4 Å². The van der Waals surface area contributed by atoms with Gasteiger partial charge in [0.05, 0.1) is 16.3 Å². The van der Waals surface area contributed by atoms with E-state index in [2.05, 4.69) is 26.8 Å². The van der Waals surface area contributed by atoms with Crippen molar-refractivity contribution in [1.82, 2.24) is 24.9 Å². The predicted octanol–water partition coefficient (Wildman–Crippen LogP) is 3.81. The first kappa shape index (κ1) is 19.7. The Morgan fingerprint density at radius 2 is 2.10 bits per heavy atom. The fraction of sp³-hybridized carbons (Fsp3) is 0.381. The molecule has 154 valence electrons. The number of halogens is 1. The molecule has 7 nitrogen and oxygen atoms in total. The fourth-order valence-electron chi connectivity index (χ4n) is 4.04. The third-order valence-electron chi connectivity index (χ3n) is 5.55. The average Bonchev–Trinajstić information content (AvgIpc) is 3.08. The molecule has 9 heteroatoms. The van der Waals surface area contributed by atoms with Gasteiger partial charge in [0, 0.05) is 49.0 Å². The lowest BCUT2D eigenvalue weighted by Gasteiger charge is -2.33. The summed E-state index contributed by atoms with van der Waals surface area (Å²) < 4.78 is 0. The van der Waals surface area contributed by atoms with Gasteiger partial charge in [-0.2, -0.15) is 0 Å². The lowest BCUT2D eigenvalue weighted by atomic mass is 10.1. The largest absolute Gasteiger partial charge is 0.354 e. The monoisotopic (exact) mass is 439 g/mol. The molecule has 2 aliphatic rings. The average molecular weight is 440 g/mol. The second kappa shape index (κ2) is 8.09. The van der Waals surface area contributed by atoms with Crippen LogP contribution in [-0.4, -0.2) is 44.1 Å². The molecular formula is C21H22ClN7S. The van der Waals surface area contributed by atoms with Gasteiger partial charge in [-0.1, -0.05) is 18.5 Å². The van der Waals surface area contributed by atoms with Crippen LogP contribution in [0.25, 0.3) is 16.2 Å². The molecule has 0 spiro atoms. The Hall–Kier alpha value is -2.29. The summed E-state index contributed by atoms with van der Waals surface area (Å²) in [5, 5.41) is 1.50. The Morgan fingerprint density at radius 1 is 1.23 bits per heavy atom. The second-order valence-electron chi connectivity index (χ2n) is 7.62. The van der Waals surface area contributed by atoms with E-state index in [-0.39, 0.29) is 6.04 Å². The van der Waals surface area contributed by atoms with Crippen molar-refractivity contribution in [1.29, 1.82) is 0 Å². The maximum atomic E-state index is 6.76. The topological polar surface area (TPSA) is 93.7 Å². The van der Waals surface area contributed by atoms with E-state index in [1.54, 1.807) is 18.6 Å². The second-order valence-corrected chi connectivity index (χ2v) is 9.04. The van der Waals surface area contributed by atoms with Crippen molar-refractivity contribution in [2.24, 2.45) is 5.73 Å². The Bertz CT molecular complexity index is 1150. The molecule has 1 aliphatic carbocycles. The summed E-state index contributed by atoms with van der Waals surface area (Å²) in [7, 11) is 0. The quantitative estimate of drug-likeness (QED) is 0.613. The highest BCUT2D eigenvalue weighted by molar-refractivity contribution is 7.99. The summed E-state index contributed by atoms with van der Waals surface area (Å²) in [6.45, 7) is 3.84. The number of allylic oxidation sites excluding steroid dienone is 1. The number of nitrogens with zero attached hydrogens (tertiary/aromatic N) is 6. The number of nitrogens with two attached hydrogens (primary N) is 1. The Balaban J connectivity index is 1.54. The molecule has 0 radical (unpaired) electrons. The van der Waals surface area contributed by atoms with Gasteiger partial charge in [-0.25, -0.2) is 19.9 Å². The number of piperidine rings is 1. The Kier molecular flexibility index (Phi) is 5.30. The van der Waals surface area contributed by atoms with Crippen molar-refractivity contribution in [3.63, 3.8) is 0 Å². The third kappa shape index (κ3) is 3.64. The van der Waals surface area contributed by atoms with Crippen molar-refractivity contribution < 1.29 is 0 Å². The number of pyridine rings is 1. The van der Waals surface area contributed by atoms with Crippen molar-refractivity contribution in [2.45, 2.75) is 48.7 Å². The molecule has 0 saturated carbocycles. The normalized spacial score (nSPS) is 18.9. The van der Waals surface area contributed by atoms with Gasteiger partial charge >= 0.3 is 0 Å². The molecule has 0 bridgehead atoms. The molecular weight excluding hydrogens is 418 g/mol. The minimum atomic E-state index is 0.151. The zero-order valence-electron chi connectivity index (χ0n) is 16.7. The van der Waals surface area contributed by atoms with Gasteiger partial charge in [-0.15, -0.1) is 0 Å². The van der Waals surface area contributed by atoms with Gasteiger partial charge in [-0.05, 0) is 42.7 Å². The molecule has 1 saturated heterocycles. The number of fused-ring (bicyclic) bond motifs is 2. The standard InChI is InChI=1S/C21H22ClN7S/c1-2-12-8-15-17(18(12)22)20(29-7-3-4-13(23)11-29)28-21(27-15)30-14-9-16-19(26-10-14)25-6-5-24-16/h5-6,9-10,13H,2-4,7-8,11,23H2,1H3/t13-/m1/s1. The highest BCUT2D eigenvalue weighted by Crippen LogP contribution is 2.43. The van der Waals surface area contributed by atoms with Crippen LogP contribution in [0.3, 0.4) is 0 Å². The first-order chi connectivity index (χ1) is 14.6. The number of hydrogen-bond acceptors (Lipinski definition) is 8. The Labute approximate surface area is 184 Å². The van der Waals surface area contributed by atoms with E-state index in [9.17, 15) is 0 Å². The van der Waals surface area contributed by atoms with Crippen LogP contribution in [0, 0.1) is 0 Å². The molecule has 1 aliphatic heterocycles. The van der Waals surface area contributed by atoms with Gasteiger partial charge in [0.15, 0.2) is 10.8 Å². The molecule has 0 unspecified atom stereocenters. The van der Waals surface area contributed by atoms with Gasteiger partial charge in [0.25, 0.3) is 0 Å². The van der Waals surface area contributed by atoms with Gasteiger partial charge in [0.1, 0.15) is 11.3 Å². The van der Waals surface area contributed by atoms with Gasteiger partial charge < -0.3 is 10.6 Å². The SMILES string of the molecule is CCC1=C(Cl)c2c(nc(Sc3cnc4nccnc4c3)nc2N2CCC[C@@H](N)C2)C1. The predicted molar refractivity (Wildman–Crippen MR) is 120 cm³/mol. The van der Waals surface area contributed by atoms with Gasteiger partial charge in [-0.3, -0.25) is 4.98 Å². The van der Waals surface area contributed by atoms with Crippen molar-refractivity contribution in [2.75, 3.05) is 18.0 Å². The van der Waals surface area contributed by atoms with E-state index in [4.69, 9.17) is 27.3 Å². The van der Waals surface area contributed by atoms with E-state index < -0.39 is 0 Å². The molecule has 0 aromatic carbocycles. The van der Waals surface area contributed by atoms with Crippen molar-refractivity contribution in [3.05, 3.63) is 41.5 Å². The lowest BCUT2D eigenvalue weighted by molar-refractivity contribution is 0.501. The van der Waals surface area contributed by atoms with Crippen LogP contribution in [0.5, 0.6) is 0 Å². The van der Waals surface area contributed by atoms with Crippen molar-refractivity contribution >= 4 is 45.4 Å². The van der Waals surface area contributed by atoms with E-state index in [1.807, 2.05) is 6.07 Å².